The molecule has 1 saturated heterocycles. The molecule has 38 heavy (non-hydrogen) atoms. The van der Waals surface area contributed by atoms with E-state index in [2.05, 4.69) is 10.6 Å². The summed E-state index contributed by atoms with van der Waals surface area (Å²) in [5, 5.41) is 25.9. The molecule has 0 bridgehead atoms. The van der Waals surface area contributed by atoms with Gasteiger partial charge in [0.05, 0.1) is 17.7 Å². The summed E-state index contributed by atoms with van der Waals surface area (Å²) in [7, 11) is 0. The number of aliphatic hydroxyl groups is 1. The van der Waals surface area contributed by atoms with E-state index in [9.17, 15) is 29.0 Å². The summed E-state index contributed by atoms with van der Waals surface area (Å²) in [6.45, 7) is 1.50. The lowest BCUT2D eigenvalue weighted by Crippen LogP contribution is -2.44. The van der Waals surface area contributed by atoms with E-state index in [0.717, 1.165) is 5.56 Å². The number of likely N-dealkylation sites (tertiary alicyclic amines) is 1. The highest BCUT2D eigenvalue weighted by Gasteiger charge is 2.41. The molecule has 8 nitrogen and oxygen atoms in total. The molecule has 4 rings (SSSR count). The maximum absolute atomic E-state index is 13.8. The van der Waals surface area contributed by atoms with Crippen molar-refractivity contribution in [2.45, 2.75) is 50.4 Å². The van der Waals surface area contributed by atoms with E-state index in [1.165, 1.54) is 36.1 Å². The number of carbonyl (C=O) groups excluding carboxylic acids is 2. The van der Waals surface area contributed by atoms with E-state index < -0.39 is 41.9 Å². The van der Waals surface area contributed by atoms with Crippen molar-refractivity contribution in [2.24, 2.45) is 0 Å². The molecule has 9 heteroatoms. The topological polar surface area (TPSA) is 119 Å². The monoisotopic (exact) mass is 519 g/mol. The Morgan fingerprint density at radius 2 is 1.63 bits per heavy atom. The van der Waals surface area contributed by atoms with E-state index in [-0.39, 0.29) is 11.6 Å². The van der Waals surface area contributed by atoms with Gasteiger partial charge in [0.15, 0.2) is 0 Å². The molecule has 0 saturated carbocycles. The summed E-state index contributed by atoms with van der Waals surface area (Å²) in [6, 6.07) is 19.9. The number of hydrogen-bond acceptors (Lipinski definition) is 4. The smallest absolute Gasteiger partial charge is 0.407 e. The van der Waals surface area contributed by atoms with Gasteiger partial charge in [0.1, 0.15) is 11.9 Å². The number of amides is 3. The van der Waals surface area contributed by atoms with E-state index in [4.69, 9.17) is 0 Å². The number of anilines is 1. The van der Waals surface area contributed by atoms with Crippen LogP contribution in [-0.2, 0) is 11.2 Å². The average molecular weight is 520 g/mol. The Hall–Kier alpha value is -4.24. The summed E-state index contributed by atoms with van der Waals surface area (Å²) < 4.78 is 13.8. The van der Waals surface area contributed by atoms with Crippen LogP contribution >= 0.6 is 0 Å². The van der Waals surface area contributed by atoms with Crippen LogP contribution in [0, 0.1) is 5.82 Å². The fourth-order valence-electron chi connectivity index (χ4n) is 4.82. The summed E-state index contributed by atoms with van der Waals surface area (Å²) >= 11 is 0. The number of carbonyl (C=O) groups is 3. The van der Waals surface area contributed by atoms with E-state index >= 15 is 0 Å². The minimum absolute atomic E-state index is 0.141. The Morgan fingerprint density at radius 3 is 2.29 bits per heavy atom. The molecule has 4 N–H and O–H groups in total. The van der Waals surface area contributed by atoms with Crippen LogP contribution in [0.3, 0.4) is 0 Å². The SMILES string of the molecule is C[C@H](NC(=O)c1ccccc1F)C(=O)Nc1ccc(C[C@@H]2CC[C@H](C(O)c3ccccc3)N2C(=O)O)cc1. The van der Waals surface area contributed by atoms with Crippen molar-refractivity contribution in [3.05, 3.63) is 101 Å². The molecular weight excluding hydrogens is 489 g/mol. The Balaban J connectivity index is 1.34. The lowest BCUT2D eigenvalue weighted by Gasteiger charge is -2.31. The first-order valence-electron chi connectivity index (χ1n) is 12.4. The van der Waals surface area contributed by atoms with Crippen molar-refractivity contribution < 1.29 is 29.0 Å². The van der Waals surface area contributed by atoms with Crippen LogP contribution in [0.2, 0.25) is 0 Å². The first kappa shape index (κ1) is 26.8. The predicted octanol–water partition coefficient (Wildman–Crippen LogP) is 4.37. The lowest BCUT2D eigenvalue weighted by molar-refractivity contribution is -0.117. The van der Waals surface area contributed by atoms with Crippen molar-refractivity contribution >= 4 is 23.6 Å². The van der Waals surface area contributed by atoms with Crippen LogP contribution in [0.15, 0.2) is 78.9 Å². The van der Waals surface area contributed by atoms with Gasteiger partial charge in [-0.1, -0.05) is 54.6 Å². The molecule has 0 radical (unpaired) electrons. The van der Waals surface area contributed by atoms with E-state index in [1.54, 1.807) is 36.4 Å². The van der Waals surface area contributed by atoms with Crippen molar-refractivity contribution in [3.8, 4) is 0 Å². The molecular formula is C29H30FN3O5. The number of aliphatic hydroxyl groups excluding tert-OH is 1. The molecule has 4 atom stereocenters. The summed E-state index contributed by atoms with van der Waals surface area (Å²) in [4.78, 5) is 38.3. The highest BCUT2D eigenvalue weighted by atomic mass is 19.1. The number of hydrogen-bond donors (Lipinski definition) is 4. The van der Waals surface area contributed by atoms with Gasteiger partial charge in [-0.25, -0.2) is 9.18 Å². The van der Waals surface area contributed by atoms with Gasteiger partial charge < -0.3 is 20.8 Å². The average Bonchev–Trinajstić information content (AvgIpc) is 3.33. The van der Waals surface area contributed by atoms with Gasteiger partial charge in [-0.15, -0.1) is 0 Å². The molecule has 0 aliphatic carbocycles. The highest BCUT2D eigenvalue weighted by molar-refractivity contribution is 6.01. The Kier molecular flexibility index (Phi) is 8.38. The van der Waals surface area contributed by atoms with Crippen LogP contribution in [0.1, 0.15) is 47.4 Å². The van der Waals surface area contributed by atoms with Crippen LogP contribution < -0.4 is 10.6 Å². The fourth-order valence-corrected chi connectivity index (χ4v) is 4.82. The Bertz CT molecular complexity index is 1280. The normalized spacial score (nSPS) is 18.4. The molecule has 3 aromatic carbocycles. The third kappa shape index (κ3) is 6.18. The summed E-state index contributed by atoms with van der Waals surface area (Å²) in [5.41, 5.74) is 1.93. The molecule has 198 valence electrons. The van der Waals surface area contributed by atoms with Crippen molar-refractivity contribution in [1.29, 1.82) is 0 Å². The minimum atomic E-state index is -1.07. The van der Waals surface area contributed by atoms with Gasteiger partial charge in [-0.3, -0.25) is 14.5 Å². The van der Waals surface area contributed by atoms with Gasteiger partial charge >= 0.3 is 6.09 Å². The second-order valence-electron chi connectivity index (χ2n) is 9.41. The molecule has 1 aliphatic heterocycles. The zero-order chi connectivity index (χ0) is 27.2. The number of benzene rings is 3. The Morgan fingerprint density at radius 1 is 0.974 bits per heavy atom. The molecule has 0 aromatic heterocycles. The van der Waals surface area contributed by atoms with Crippen LogP contribution in [-0.4, -0.2) is 51.1 Å². The van der Waals surface area contributed by atoms with Crippen molar-refractivity contribution in [2.75, 3.05) is 5.32 Å². The van der Waals surface area contributed by atoms with Gasteiger partial charge in [0.2, 0.25) is 5.91 Å². The number of nitrogens with zero attached hydrogens (tertiary/aromatic N) is 1. The van der Waals surface area contributed by atoms with Crippen LogP contribution in [0.4, 0.5) is 14.9 Å². The maximum Gasteiger partial charge on any atom is 0.407 e. The van der Waals surface area contributed by atoms with Crippen molar-refractivity contribution in [3.63, 3.8) is 0 Å². The lowest BCUT2D eigenvalue weighted by atomic mass is 10.0. The summed E-state index contributed by atoms with van der Waals surface area (Å²) in [6.07, 6.45) is -0.331. The number of halogens is 1. The summed E-state index contributed by atoms with van der Waals surface area (Å²) in [5.74, 6) is -1.82. The molecule has 1 unspecified atom stereocenters. The molecule has 3 amide bonds. The quantitative estimate of drug-likeness (QED) is 0.352. The van der Waals surface area contributed by atoms with Gasteiger partial charge in [0.25, 0.3) is 5.91 Å². The first-order chi connectivity index (χ1) is 18.2. The largest absolute Gasteiger partial charge is 0.465 e. The molecule has 1 fully saturated rings. The highest BCUT2D eigenvalue weighted by Crippen LogP contribution is 2.34. The minimum Gasteiger partial charge on any atom is -0.465 e. The Labute approximate surface area is 220 Å². The zero-order valence-electron chi connectivity index (χ0n) is 20.9. The third-order valence-corrected chi connectivity index (χ3v) is 6.82. The van der Waals surface area contributed by atoms with Crippen LogP contribution in [0.25, 0.3) is 0 Å². The second kappa shape index (κ2) is 11.9. The van der Waals surface area contributed by atoms with Crippen molar-refractivity contribution in [1.82, 2.24) is 10.2 Å². The predicted molar refractivity (Wildman–Crippen MR) is 140 cm³/mol. The van der Waals surface area contributed by atoms with Gasteiger partial charge in [-0.05, 0) is 61.6 Å². The number of rotatable bonds is 8. The number of carboxylic acid groups (broad SMARTS) is 1. The van der Waals surface area contributed by atoms with E-state index in [0.29, 0.717) is 30.5 Å². The molecule has 1 heterocycles. The standard InChI is InChI=1S/C29H30FN3O5/c1-18(31-28(36)23-9-5-6-10-24(23)30)27(35)32-21-13-11-19(12-14-21)17-22-15-16-25(33(22)29(37)38)26(34)20-7-3-2-4-8-20/h2-14,18,22,25-26,34H,15-17H2,1H3,(H,31,36)(H,32,35)(H,37,38)/t18-,22-,25+,26?/m0/s1. The maximum atomic E-state index is 13.8. The third-order valence-electron chi connectivity index (χ3n) is 6.82. The second-order valence-corrected chi connectivity index (χ2v) is 9.41. The van der Waals surface area contributed by atoms with Gasteiger partial charge in [-0.2, -0.15) is 0 Å². The van der Waals surface area contributed by atoms with Crippen LogP contribution in [0.5, 0.6) is 0 Å². The number of nitrogens with one attached hydrogen (secondary N) is 2. The fraction of sp³-hybridized carbons (Fsp3) is 0.276. The van der Waals surface area contributed by atoms with E-state index in [1.807, 2.05) is 18.2 Å². The molecule has 3 aromatic rings. The first-order valence-corrected chi connectivity index (χ1v) is 12.4. The van der Waals surface area contributed by atoms with Gasteiger partial charge in [0, 0.05) is 11.7 Å². The molecule has 0 spiro atoms. The molecule has 1 aliphatic rings. The zero-order valence-corrected chi connectivity index (χ0v) is 20.9.